The predicted octanol–water partition coefficient (Wildman–Crippen LogP) is 5.36. The van der Waals surface area contributed by atoms with E-state index in [-0.39, 0.29) is 34.0 Å². The van der Waals surface area contributed by atoms with Crippen molar-refractivity contribution < 1.29 is 23.1 Å². The Hall–Kier alpha value is -1.41. The Morgan fingerprint density at radius 3 is 2.64 bits per heavy atom. The number of fused-ring (bicyclic) bond motifs is 1. The maximum absolute atomic E-state index is 14.1. The second kappa shape index (κ2) is 7.13. The van der Waals surface area contributed by atoms with Crippen LogP contribution in [0.5, 0.6) is 0 Å². The Balaban J connectivity index is 2.01. The number of nitrogens with zero attached hydrogens (tertiary/aromatic N) is 2. The molecule has 1 aromatic carbocycles. The normalized spacial score (nSPS) is 28.1. The van der Waals surface area contributed by atoms with Crippen molar-refractivity contribution in [1.82, 2.24) is 5.01 Å². The molecule has 0 saturated heterocycles. The number of hydrogen-bond donors (Lipinski definition) is 1. The van der Waals surface area contributed by atoms with Crippen molar-refractivity contribution in [2.24, 2.45) is 22.4 Å². The zero-order valence-corrected chi connectivity index (χ0v) is 17.6. The monoisotopic (exact) mass is 460 g/mol. The fourth-order valence-electron chi connectivity index (χ4n) is 4.16. The van der Waals surface area contributed by atoms with Crippen molar-refractivity contribution >= 4 is 27.5 Å². The lowest BCUT2D eigenvalue weighted by molar-refractivity contribution is -0.314. The van der Waals surface area contributed by atoms with E-state index < -0.39 is 23.7 Å². The van der Waals surface area contributed by atoms with E-state index >= 15 is 0 Å². The maximum Gasteiger partial charge on any atom is 0.439 e. The molecule has 1 saturated carbocycles. The van der Waals surface area contributed by atoms with Crippen LogP contribution in [0.4, 0.5) is 13.2 Å². The first-order valence-electron chi connectivity index (χ1n) is 9.38. The van der Waals surface area contributed by atoms with E-state index in [0.29, 0.717) is 17.3 Å². The van der Waals surface area contributed by atoms with Crippen LogP contribution in [0, 0.1) is 17.3 Å². The van der Waals surface area contributed by atoms with Crippen molar-refractivity contribution in [2.45, 2.75) is 58.4 Å². The summed E-state index contributed by atoms with van der Waals surface area (Å²) in [6.45, 7) is 6.08. The first-order chi connectivity index (χ1) is 12.9. The number of hydrazone groups is 1. The number of alkyl halides is 3. The zero-order chi connectivity index (χ0) is 20.9. The van der Waals surface area contributed by atoms with Gasteiger partial charge in [-0.3, -0.25) is 4.79 Å². The number of aliphatic hydroxyl groups is 1. The van der Waals surface area contributed by atoms with Crippen LogP contribution in [0.2, 0.25) is 0 Å². The van der Waals surface area contributed by atoms with Crippen LogP contribution in [-0.2, 0) is 0 Å². The summed E-state index contributed by atoms with van der Waals surface area (Å²) < 4.78 is 42.9. The second-order valence-corrected chi connectivity index (χ2v) is 9.22. The van der Waals surface area contributed by atoms with E-state index in [1.807, 2.05) is 20.8 Å². The summed E-state index contributed by atoms with van der Waals surface area (Å²) in [6, 6.07) is 6.05. The van der Waals surface area contributed by atoms with Gasteiger partial charge in [-0.15, -0.1) is 0 Å². The molecule has 3 rings (SSSR count). The fourth-order valence-corrected chi connectivity index (χ4v) is 4.56. The van der Waals surface area contributed by atoms with Gasteiger partial charge in [0.15, 0.2) is 0 Å². The Kier molecular flexibility index (Phi) is 5.42. The lowest BCUT2D eigenvalue weighted by atomic mass is 9.64. The summed E-state index contributed by atoms with van der Waals surface area (Å²) in [5.41, 5.74) is -3.19. The second-order valence-electron chi connectivity index (χ2n) is 8.31. The van der Waals surface area contributed by atoms with Gasteiger partial charge in [-0.05, 0) is 48.8 Å². The van der Waals surface area contributed by atoms with Crippen LogP contribution in [0.3, 0.4) is 0 Å². The summed E-state index contributed by atoms with van der Waals surface area (Å²) in [6.07, 6.45) is -3.01. The van der Waals surface area contributed by atoms with Gasteiger partial charge in [-0.2, -0.15) is 23.3 Å². The number of hydrogen-bond acceptors (Lipinski definition) is 3. The third-order valence-electron chi connectivity index (χ3n) is 6.41. The summed E-state index contributed by atoms with van der Waals surface area (Å²) in [7, 11) is 0. The van der Waals surface area contributed by atoms with Crippen molar-refractivity contribution in [1.29, 1.82) is 0 Å². The minimum absolute atomic E-state index is 0.0104. The van der Waals surface area contributed by atoms with Gasteiger partial charge in [0.05, 0.1) is 5.92 Å². The average molecular weight is 461 g/mol. The molecule has 2 aliphatic rings. The molecule has 1 aromatic rings. The van der Waals surface area contributed by atoms with Crippen molar-refractivity contribution in [3.05, 3.63) is 34.3 Å². The lowest BCUT2D eigenvalue weighted by Gasteiger charge is -2.43. The SMILES string of the molecule is CCC(C)(C)[C@@H]1CCC2=NN(C(=O)c3cccc(Br)c3)[C@@](O)(C(F)(F)F)[C@@H]2C1. The van der Waals surface area contributed by atoms with Crippen LogP contribution < -0.4 is 0 Å². The Labute approximate surface area is 170 Å². The third kappa shape index (κ3) is 3.38. The first kappa shape index (κ1) is 21.3. The molecular weight excluding hydrogens is 437 g/mol. The Morgan fingerprint density at radius 2 is 2.07 bits per heavy atom. The molecule has 3 atom stereocenters. The summed E-state index contributed by atoms with van der Waals surface area (Å²) in [5, 5.41) is 15.1. The molecular formula is C20H24BrF3N2O2. The van der Waals surface area contributed by atoms with E-state index in [1.165, 1.54) is 12.1 Å². The highest BCUT2D eigenvalue weighted by atomic mass is 79.9. The molecule has 154 valence electrons. The van der Waals surface area contributed by atoms with Crippen LogP contribution in [0.15, 0.2) is 33.8 Å². The highest BCUT2D eigenvalue weighted by Gasteiger charge is 2.69. The molecule has 0 unspecified atom stereocenters. The Morgan fingerprint density at radius 1 is 1.39 bits per heavy atom. The highest BCUT2D eigenvalue weighted by molar-refractivity contribution is 9.10. The molecule has 28 heavy (non-hydrogen) atoms. The topological polar surface area (TPSA) is 52.9 Å². The molecule has 8 heteroatoms. The quantitative estimate of drug-likeness (QED) is 0.659. The molecule has 1 N–H and O–H groups in total. The largest absolute Gasteiger partial charge is 0.439 e. The standard InChI is InChI=1S/C20H24BrF3N2O2/c1-4-18(2,3)13-8-9-16-15(11-13)19(28,20(22,23)24)26(25-16)17(27)12-6-5-7-14(21)10-12/h5-7,10,13,15,28H,4,8-9,11H2,1-3H3/t13-,15-,19+/m1/s1. The molecule has 0 radical (unpaired) electrons. The Bertz CT molecular complexity index is 809. The molecule has 0 bridgehead atoms. The van der Waals surface area contributed by atoms with Gasteiger partial charge in [0.25, 0.3) is 11.6 Å². The van der Waals surface area contributed by atoms with Crippen LogP contribution >= 0.6 is 15.9 Å². The maximum atomic E-state index is 14.1. The number of rotatable bonds is 3. The zero-order valence-electron chi connectivity index (χ0n) is 16.1. The van der Waals surface area contributed by atoms with Crippen LogP contribution in [0.25, 0.3) is 0 Å². The molecule has 0 aromatic heterocycles. The van der Waals surface area contributed by atoms with Crippen molar-refractivity contribution in [3.63, 3.8) is 0 Å². The van der Waals surface area contributed by atoms with E-state index in [9.17, 15) is 23.1 Å². The van der Waals surface area contributed by atoms with Gasteiger partial charge in [0, 0.05) is 15.7 Å². The molecule has 1 fully saturated rings. The van der Waals surface area contributed by atoms with Gasteiger partial charge < -0.3 is 5.11 Å². The van der Waals surface area contributed by atoms with Crippen molar-refractivity contribution in [3.8, 4) is 0 Å². The lowest BCUT2D eigenvalue weighted by Crippen LogP contribution is -2.62. The molecule has 1 aliphatic heterocycles. The number of amides is 1. The predicted molar refractivity (Wildman–Crippen MR) is 104 cm³/mol. The number of carbonyl (C=O) groups is 1. The number of benzene rings is 1. The molecule has 1 heterocycles. The smallest absolute Gasteiger partial charge is 0.362 e. The summed E-state index contributed by atoms with van der Waals surface area (Å²) in [5.74, 6) is -2.20. The summed E-state index contributed by atoms with van der Waals surface area (Å²) in [4.78, 5) is 12.9. The van der Waals surface area contributed by atoms with Gasteiger partial charge in [0.2, 0.25) is 0 Å². The number of carbonyl (C=O) groups excluding carboxylic acids is 1. The van der Waals surface area contributed by atoms with E-state index in [0.717, 1.165) is 6.42 Å². The molecule has 1 amide bonds. The minimum Gasteiger partial charge on any atom is -0.362 e. The highest BCUT2D eigenvalue weighted by Crippen LogP contribution is 2.52. The van der Waals surface area contributed by atoms with Crippen molar-refractivity contribution in [2.75, 3.05) is 0 Å². The fraction of sp³-hybridized carbons (Fsp3) is 0.600. The van der Waals surface area contributed by atoms with Gasteiger partial charge >= 0.3 is 6.18 Å². The van der Waals surface area contributed by atoms with E-state index in [2.05, 4.69) is 21.0 Å². The molecule has 4 nitrogen and oxygen atoms in total. The van der Waals surface area contributed by atoms with E-state index in [4.69, 9.17) is 0 Å². The van der Waals surface area contributed by atoms with Gasteiger partial charge in [-0.1, -0.05) is 49.2 Å². The van der Waals surface area contributed by atoms with Crippen LogP contribution in [0.1, 0.15) is 56.8 Å². The van der Waals surface area contributed by atoms with Gasteiger partial charge in [0.1, 0.15) is 0 Å². The van der Waals surface area contributed by atoms with Gasteiger partial charge in [-0.25, -0.2) is 0 Å². The third-order valence-corrected chi connectivity index (χ3v) is 6.90. The molecule has 0 spiro atoms. The van der Waals surface area contributed by atoms with E-state index in [1.54, 1.807) is 12.1 Å². The molecule has 1 aliphatic carbocycles. The summed E-state index contributed by atoms with van der Waals surface area (Å²) >= 11 is 3.21. The van der Waals surface area contributed by atoms with Crippen LogP contribution in [-0.4, -0.2) is 33.6 Å². The first-order valence-corrected chi connectivity index (χ1v) is 10.2. The average Bonchev–Trinajstić information content (AvgIpc) is 2.94. The minimum atomic E-state index is -5.02. The number of halogens is 4.